The van der Waals surface area contributed by atoms with Crippen LogP contribution in [0, 0.1) is 5.82 Å². The molecule has 1 aromatic rings. The van der Waals surface area contributed by atoms with Crippen LogP contribution < -0.4 is 5.32 Å². The third-order valence-electron chi connectivity index (χ3n) is 2.53. The second kappa shape index (κ2) is 7.92. The summed E-state index contributed by atoms with van der Waals surface area (Å²) >= 11 is 5.82. The van der Waals surface area contributed by atoms with Crippen LogP contribution in [0.3, 0.4) is 0 Å². The Labute approximate surface area is 117 Å². The largest absolute Gasteiger partial charge is 0.391 e. The molecule has 2 N–H and O–H groups in total. The van der Waals surface area contributed by atoms with Crippen molar-refractivity contribution in [1.82, 2.24) is 5.32 Å². The van der Waals surface area contributed by atoms with Crippen LogP contribution in [0.4, 0.5) is 4.39 Å². The third kappa shape index (κ3) is 5.41. The normalized spacial score (nSPS) is 12.6. The zero-order valence-corrected chi connectivity index (χ0v) is 11.5. The van der Waals surface area contributed by atoms with Crippen LogP contribution in [0.5, 0.6) is 0 Å². The highest BCUT2D eigenvalue weighted by Gasteiger charge is 2.06. The van der Waals surface area contributed by atoms with Crippen LogP contribution in [-0.2, 0) is 4.79 Å². The van der Waals surface area contributed by atoms with Crippen LogP contribution in [0.15, 0.2) is 24.3 Å². The Morgan fingerprint density at radius 2 is 2.32 bits per heavy atom. The lowest BCUT2D eigenvalue weighted by Crippen LogP contribution is -2.30. The first-order valence-corrected chi connectivity index (χ1v) is 6.50. The van der Waals surface area contributed by atoms with Crippen LogP contribution in [0.1, 0.15) is 25.3 Å². The highest BCUT2D eigenvalue weighted by Crippen LogP contribution is 2.20. The highest BCUT2D eigenvalue weighted by atomic mass is 35.5. The molecule has 0 fully saturated rings. The number of benzene rings is 1. The maximum absolute atomic E-state index is 13.4. The molecule has 0 aliphatic heterocycles. The van der Waals surface area contributed by atoms with Crippen molar-refractivity contribution in [2.45, 2.75) is 25.9 Å². The molecule has 0 aromatic heterocycles. The predicted molar refractivity (Wildman–Crippen MR) is 74.4 cm³/mol. The summed E-state index contributed by atoms with van der Waals surface area (Å²) in [6.45, 7) is 2.13. The van der Waals surface area contributed by atoms with Crippen molar-refractivity contribution in [2.75, 3.05) is 6.54 Å². The maximum atomic E-state index is 13.4. The van der Waals surface area contributed by atoms with Gasteiger partial charge in [-0.2, -0.15) is 0 Å². The molecular weight excluding hydrogens is 269 g/mol. The van der Waals surface area contributed by atoms with Gasteiger partial charge in [-0.05, 0) is 24.6 Å². The molecule has 0 saturated heterocycles. The van der Waals surface area contributed by atoms with E-state index in [0.717, 1.165) is 6.42 Å². The molecule has 0 spiro atoms. The van der Waals surface area contributed by atoms with Gasteiger partial charge in [-0.1, -0.05) is 31.0 Å². The number of carbonyl (C=O) groups is 1. The maximum Gasteiger partial charge on any atom is 0.244 e. The molecule has 0 saturated carbocycles. The fourth-order valence-electron chi connectivity index (χ4n) is 1.54. The van der Waals surface area contributed by atoms with E-state index in [9.17, 15) is 14.3 Å². The number of hydrogen-bond donors (Lipinski definition) is 2. The van der Waals surface area contributed by atoms with E-state index in [1.54, 1.807) is 6.07 Å². The minimum absolute atomic E-state index is 0.174. The van der Waals surface area contributed by atoms with Crippen molar-refractivity contribution in [1.29, 1.82) is 0 Å². The van der Waals surface area contributed by atoms with Gasteiger partial charge in [-0.25, -0.2) is 4.39 Å². The third-order valence-corrected chi connectivity index (χ3v) is 2.86. The van der Waals surface area contributed by atoms with Gasteiger partial charge in [0.05, 0.1) is 11.1 Å². The number of hydrogen-bond acceptors (Lipinski definition) is 2. The van der Waals surface area contributed by atoms with E-state index in [0.29, 0.717) is 6.42 Å². The summed E-state index contributed by atoms with van der Waals surface area (Å²) < 4.78 is 13.4. The average molecular weight is 286 g/mol. The van der Waals surface area contributed by atoms with E-state index in [2.05, 4.69) is 5.32 Å². The molecule has 0 heterocycles. The number of amides is 1. The van der Waals surface area contributed by atoms with E-state index in [1.165, 1.54) is 24.3 Å². The van der Waals surface area contributed by atoms with Crippen LogP contribution in [0.25, 0.3) is 6.08 Å². The van der Waals surface area contributed by atoms with Gasteiger partial charge in [0.25, 0.3) is 0 Å². The standard InChI is InChI=1S/C14H17ClFNO2/c1-2-4-10(18)9-17-14(19)8-7-11-12(15)5-3-6-13(11)16/h3,5-8,10,18H,2,4,9H2,1H3,(H,17,19)/b8-7+. The van der Waals surface area contributed by atoms with Gasteiger partial charge in [0.2, 0.25) is 5.91 Å². The van der Waals surface area contributed by atoms with Crippen LogP contribution >= 0.6 is 11.6 Å². The van der Waals surface area contributed by atoms with Gasteiger partial charge < -0.3 is 10.4 Å². The van der Waals surface area contributed by atoms with E-state index >= 15 is 0 Å². The predicted octanol–water partition coefficient (Wildman–Crippen LogP) is 2.77. The molecule has 104 valence electrons. The Bertz CT molecular complexity index is 443. The smallest absolute Gasteiger partial charge is 0.244 e. The number of carbonyl (C=O) groups excluding carboxylic acids is 1. The van der Waals surface area contributed by atoms with Gasteiger partial charge in [-0.15, -0.1) is 0 Å². The summed E-state index contributed by atoms with van der Waals surface area (Å²) in [5.41, 5.74) is 0.174. The minimum atomic E-state index is -0.556. The average Bonchev–Trinajstić information content (AvgIpc) is 2.36. The summed E-state index contributed by atoms with van der Waals surface area (Å²) in [6.07, 6.45) is 3.43. The fourth-order valence-corrected chi connectivity index (χ4v) is 1.77. The lowest BCUT2D eigenvalue weighted by atomic mass is 10.2. The van der Waals surface area contributed by atoms with Gasteiger partial charge in [0.1, 0.15) is 5.82 Å². The van der Waals surface area contributed by atoms with Gasteiger partial charge in [-0.3, -0.25) is 4.79 Å². The van der Waals surface area contributed by atoms with Crippen LogP contribution in [0.2, 0.25) is 5.02 Å². The summed E-state index contributed by atoms with van der Waals surface area (Å²) in [5, 5.41) is 12.2. The van der Waals surface area contributed by atoms with E-state index in [1.807, 2.05) is 6.92 Å². The first-order valence-electron chi connectivity index (χ1n) is 6.12. The Kier molecular flexibility index (Phi) is 6.53. The SMILES string of the molecule is CCCC(O)CNC(=O)/C=C/c1c(F)cccc1Cl. The van der Waals surface area contributed by atoms with Crippen molar-refractivity contribution in [3.63, 3.8) is 0 Å². The molecule has 0 radical (unpaired) electrons. The first-order chi connectivity index (χ1) is 9.04. The molecule has 3 nitrogen and oxygen atoms in total. The van der Waals surface area contributed by atoms with Gasteiger partial charge in [0, 0.05) is 18.2 Å². The molecule has 0 bridgehead atoms. The van der Waals surface area contributed by atoms with Gasteiger partial charge >= 0.3 is 0 Å². The Morgan fingerprint density at radius 3 is 2.95 bits per heavy atom. The molecule has 19 heavy (non-hydrogen) atoms. The molecule has 1 unspecified atom stereocenters. The van der Waals surface area contributed by atoms with Crippen molar-refractivity contribution >= 4 is 23.6 Å². The van der Waals surface area contributed by atoms with Crippen molar-refractivity contribution < 1.29 is 14.3 Å². The Balaban J connectivity index is 2.54. The number of halogens is 2. The van der Waals surface area contributed by atoms with Crippen molar-refractivity contribution in [3.8, 4) is 0 Å². The first kappa shape index (κ1) is 15.7. The molecular formula is C14H17ClFNO2. The lowest BCUT2D eigenvalue weighted by molar-refractivity contribution is -0.116. The monoisotopic (exact) mass is 285 g/mol. The topological polar surface area (TPSA) is 49.3 Å². The lowest BCUT2D eigenvalue weighted by Gasteiger charge is -2.08. The highest BCUT2D eigenvalue weighted by molar-refractivity contribution is 6.32. The quantitative estimate of drug-likeness (QED) is 0.790. The Morgan fingerprint density at radius 1 is 1.58 bits per heavy atom. The molecule has 1 rings (SSSR count). The van der Waals surface area contributed by atoms with E-state index in [4.69, 9.17) is 11.6 Å². The van der Waals surface area contributed by atoms with E-state index in [-0.39, 0.29) is 17.1 Å². The summed E-state index contributed by atoms with van der Waals surface area (Å²) in [7, 11) is 0. The molecule has 1 amide bonds. The number of nitrogens with one attached hydrogen (secondary N) is 1. The Hall–Kier alpha value is -1.39. The second-order valence-electron chi connectivity index (χ2n) is 4.16. The summed E-state index contributed by atoms with van der Waals surface area (Å²) in [6, 6.07) is 4.32. The number of rotatable bonds is 6. The zero-order chi connectivity index (χ0) is 14.3. The summed E-state index contributed by atoms with van der Waals surface area (Å²) in [4.78, 5) is 11.5. The van der Waals surface area contributed by atoms with Crippen molar-refractivity contribution in [3.05, 3.63) is 40.7 Å². The number of aliphatic hydroxyl groups excluding tert-OH is 1. The minimum Gasteiger partial charge on any atom is -0.391 e. The van der Waals surface area contributed by atoms with E-state index < -0.39 is 17.8 Å². The molecule has 0 aliphatic rings. The summed E-state index contributed by atoms with van der Waals surface area (Å²) in [5.74, 6) is -0.878. The zero-order valence-electron chi connectivity index (χ0n) is 10.7. The molecule has 0 aliphatic carbocycles. The van der Waals surface area contributed by atoms with Crippen molar-refractivity contribution in [2.24, 2.45) is 0 Å². The molecule has 5 heteroatoms. The molecule has 1 aromatic carbocycles. The molecule has 1 atom stereocenters. The van der Waals surface area contributed by atoms with Gasteiger partial charge in [0.15, 0.2) is 0 Å². The van der Waals surface area contributed by atoms with Crippen LogP contribution in [-0.4, -0.2) is 23.7 Å². The fraction of sp³-hybridized carbons (Fsp3) is 0.357. The second-order valence-corrected chi connectivity index (χ2v) is 4.56. The number of aliphatic hydroxyl groups is 1.